The lowest BCUT2D eigenvalue weighted by Crippen LogP contribution is -2.57. The average Bonchev–Trinajstić information content (AvgIpc) is 3.26. The van der Waals surface area contributed by atoms with E-state index in [0.717, 1.165) is 76.6 Å². The number of nitrogens with zero attached hydrogens (tertiary/aromatic N) is 5. The lowest BCUT2D eigenvalue weighted by molar-refractivity contribution is -0.135. The lowest BCUT2D eigenvalue weighted by atomic mass is 10.2. The van der Waals surface area contributed by atoms with Crippen LogP contribution in [0.5, 0.6) is 0 Å². The first-order valence-electron chi connectivity index (χ1n) is 10.2. The van der Waals surface area contributed by atoms with Gasteiger partial charge in [0.15, 0.2) is 5.96 Å². The number of halogens is 2. The first-order chi connectivity index (χ1) is 13.6. The Bertz CT molecular complexity index is 672. The molecule has 3 rings (SSSR count). The Morgan fingerprint density at radius 3 is 2.45 bits per heavy atom. The van der Waals surface area contributed by atoms with Crippen molar-refractivity contribution in [2.75, 3.05) is 52.9 Å². The molecule has 0 saturated carbocycles. The van der Waals surface area contributed by atoms with Crippen molar-refractivity contribution in [3.63, 3.8) is 0 Å². The van der Waals surface area contributed by atoms with Crippen molar-refractivity contribution in [3.8, 4) is 0 Å². The second kappa shape index (κ2) is 11.9. The molecule has 1 amide bonds. The Morgan fingerprint density at radius 2 is 1.86 bits per heavy atom. The van der Waals surface area contributed by atoms with Crippen molar-refractivity contribution in [2.45, 2.75) is 32.2 Å². The van der Waals surface area contributed by atoms with Gasteiger partial charge in [-0.05, 0) is 37.8 Å². The summed E-state index contributed by atoms with van der Waals surface area (Å²) in [5.74, 6) is 1.20. The van der Waals surface area contributed by atoms with Gasteiger partial charge in [-0.25, -0.2) is 4.98 Å². The minimum atomic E-state index is -0.0346. The predicted molar refractivity (Wildman–Crippen MR) is 128 cm³/mol. The molecule has 0 aliphatic carbocycles. The van der Waals surface area contributed by atoms with Crippen LogP contribution in [0.1, 0.15) is 25.3 Å². The monoisotopic (exact) mass is 534 g/mol. The summed E-state index contributed by atoms with van der Waals surface area (Å²) in [5.41, 5.74) is 1.14. The normalized spacial score (nSPS) is 19.1. The van der Waals surface area contributed by atoms with E-state index in [1.807, 2.05) is 37.2 Å². The van der Waals surface area contributed by atoms with Crippen LogP contribution in [-0.2, 0) is 11.2 Å². The maximum absolute atomic E-state index is 12.6. The Balaban J connectivity index is 0.00000300. The van der Waals surface area contributed by atoms with Crippen LogP contribution in [0.3, 0.4) is 0 Å². The number of piperazine rings is 1. The molecule has 1 N–H and O–H groups in total. The van der Waals surface area contributed by atoms with Crippen LogP contribution in [-0.4, -0.2) is 90.5 Å². The van der Waals surface area contributed by atoms with E-state index in [9.17, 15) is 4.79 Å². The van der Waals surface area contributed by atoms with Gasteiger partial charge in [-0.15, -0.1) is 24.0 Å². The quantitative estimate of drug-likeness (QED) is 0.271. The molecule has 3 heterocycles. The predicted octanol–water partition coefficient (Wildman–Crippen LogP) is 2.10. The zero-order valence-corrected chi connectivity index (χ0v) is 20.4. The largest absolute Gasteiger partial charge is 0.356 e. The van der Waals surface area contributed by atoms with E-state index in [1.165, 1.54) is 0 Å². The fourth-order valence-corrected chi connectivity index (χ4v) is 4.00. The molecule has 2 aliphatic heterocycles. The highest BCUT2D eigenvalue weighted by atomic mass is 127. The van der Waals surface area contributed by atoms with Crippen LogP contribution >= 0.6 is 35.6 Å². The number of likely N-dealkylation sites (tertiary alicyclic amines) is 1. The molecule has 9 heteroatoms. The van der Waals surface area contributed by atoms with Crippen molar-refractivity contribution in [2.24, 2.45) is 4.99 Å². The SMILES string of the molecule is CN=C(NCCc1ccc(Cl)nc1)N1CCN(C(C)C(=O)N2CCCC2)CC1.I. The van der Waals surface area contributed by atoms with Crippen LogP contribution in [0.25, 0.3) is 0 Å². The highest BCUT2D eigenvalue weighted by molar-refractivity contribution is 14.0. The number of carbonyl (C=O) groups excluding carboxylic acids is 1. The topological polar surface area (TPSA) is 64.1 Å². The lowest BCUT2D eigenvalue weighted by Gasteiger charge is -2.39. The van der Waals surface area contributed by atoms with Crippen LogP contribution in [0.2, 0.25) is 5.15 Å². The molecule has 2 fully saturated rings. The summed E-state index contributed by atoms with van der Waals surface area (Å²) in [5, 5.41) is 3.95. The van der Waals surface area contributed by atoms with Crippen LogP contribution < -0.4 is 5.32 Å². The zero-order valence-electron chi connectivity index (χ0n) is 17.3. The molecular weight excluding hydrogens is 503 g/mol. The van der Waals surface area contributed by atoms with Gasteiger partial charge in [0, 0.05) is 59.1 Å². The van der Waals surface area contributed by atoms with Gasteiger partial charge in [-0.2, -0.15) is 0 Å². The molecular formula is C20H32ClIN6O. The molecule has 2 aliphatic rings. The summed E-state index contributed by atoms with van der Waals surface area (Å²) in [6, 6.07) is 3.78. The van der Waals surface area contributed by atoms with E-state index < -0.39 is 0 Å². The van der Waals surface area contributed by atoms with Gasteiger partial charge >= 0.3 is 0 Å². The number of aliphatic imine (C=N–C) groups is 1. The minimum Gasteiger partial charge on any atom is -0.356 e. The smallest absolute Gasteiger partial charge is 0.239 e. The van der Waals surface area contributed by atoms with Crippen molar-refractivity contribution in [3.05, 3.63) is 29.0 Å². The maximum Gasteiger partial charge on any atom is 0.239 e. The average molecular weight is 535 g/mol. The fraction of sp³-hybridized carbons (Fsp3) is 0.650. The van der Waals surface area contributed by atoms with Crippen molar-refractivity contribution < 1.29 is 4.79 Å². The van der Waals surface area contributed by atoms with E-state index in [4.69, 9.17) is 11.6 Å². The van der Waals surface area contributed by atoms with E-state index in [2.05, 4.69) is 25.1 Å². The van der Waals surface area contributed by atoms with Crippen LogP contribution in [0.4, 0.5) is 0 Å². The highest BCUT2D eigenvalue weighted by Crippen LogP contribution is 2.14. The number of carbonyl (C=O) groups is 1. The van der Waals surface area contributed by atoms with Gasteiger partial charge in [-0.1, -0.05) is 17.7 Å². The standard InChI is InChI=1S/C20H31ClN6O.HI/c1-16(19(28)26-9-3-4-10-26)25-11-13-27(14-12-25)20(22-2)23-8-7-17-5-6-18(21)24-15-17;/h5-6,15-16H,3-4,7-14H2,1-2H3,(H,22,23);1H. The Hall–Kier alpha value is -1.13. The zero-order chi connectivity index (χ0) is 19.9. The summed E-state index contributed by atoms with van der Waals surface area (Å²) >= 11 is 5.83. The van der Waals surface area contributed by atoms with Crippen LogP contribution in [0, 0.1) is 0 Å². The third kappa shape index (κ3) is 6.68. The molecule has 7 nitrogen and oxygen atoms in total. The second-order valence-corrected chi connectivity index (χ2v) is 7.83. The van der Waals surface area contributed by atoms with Gasteiger partial charge in [-0.3, -0.25) is 14.7 Å². The Labute approximate surface area is 195 Å². The molecule has 0 radical (unpaired) electrons. The number of nitrogens with one attached hydrogen (secondary N) is 1. The van der Waals surface area contributed by atoms with E-state index in [1.54, 1.807) is 0 Å². The first kappa shape index (κ1) is 24.1. The van der Waals surface area contributed by atoms with Gasteiger partial charge < -0.3 is 15.1 Å². The van der Waals surface area contributed by atoms with Gasteiger partial charge in [0.25, 0.3) is 0 Å². The van der Waals surface area contributed by atoms with Crippen LogP contribution in [0.15, 0.2) is 23.3 Å². The number of amides is 1. The maximum atomic E-state index is 12.6. The summed E-state index contributed by atoms with van der Waals surface area (Å²) in [6.45, 7) is 8.18. The summed E-state index contributed by atoms with van der Waals surface area (Å²) in [4.78, 5) is 27.8. The molecule has 0 aromatic carbocycles. The molecule has 1 aromatic rings. The van der Waals surface area contributed by atoms with E-state index in [-0.39, 0.29) is 35.9 Å². The third-order valence-corrected chi connectivity index (χ3v) is 5.86. The fourth-order valence-electron chi connectivity index (χ4n) is 3.88. The minimum absolute atomic E-state index is 0. The van der Waals surface area contributed by atoms with E-state index >= 15 is 0 Å². The third-order valence-electron chi connectivity index (χ3n) is 5.63. The molecule has 29 heavy (non-hydrogen) atoms. The first-order valence-corrected chi connectivity index (χ1v) is 10.5. The highest BCUT2D eigenvalue weighted by Gasteiger charge is 2.30. The molecule has 1 aromatic heterocycles. The molecule has 0 spiro atoms. The summed E-state index contributed by atoms with van der Waals surface area (Å²) in [6.07, 6.45) is 4.95. The molecule has 1 atom stereocenters. The van der Waals surface area contributed by atoms with Gasteiger partial charge in [0.2, 0.25) is 5.91 Å². The Morgan fingerprint density at radius 1 is 1.17 bits per heavy atom. The number of guanidine groups is 1. The van der Waals surface area contributed by atoms with Crippen molar-refractivity contribution >= 4 is 47.4 Å². The molecule has 1 unspecified atom stereocenters. The number of pyridine rings is 1. The molecule has 2 saturated heterocycles. The summed E-state index contributed by atoms with van der Waals surface area (Å²) in [7, 11) is 1.82. The summed E-state index contributed by atoms with van der Waals surface area (Å²) < 4.78 is 0. The van der Waals surface area contributed by atoms with Gasteiger partial charge in [0.05, 0.1) is 6.04 Å². The molecule has 0 bridgehead atoms. The van der Waals surface area contributed by atoms with Crippen molar-refractivity contribution in [1.82, 2.24) is 25.0 Å². The van der Waals surface area contributed by atoms with E-state index in [0.29, 0.717) is 5.15 Å². The number of aromatic nitrogens is 1. The second-order valence-electron chi connectivity index (χ2n) is 7.44. The van der Waals surface area contributed by atoms with Gasteiger partial charge in [0.1, 0.15) is 5.15 Å². The van der Waals surface area contributed by atoms with Crippen molar-refractivity contribution in [1.29, 1.82) is 0 Å². The number of rotatable bonds is 5. The molecule has 162 valence electrons. The Kier molecular flexibility index (Phi) is 9.91. The number of hydrogen-bond acceptors (Lipinski definition) is 4. The number of hydrogen-bond donors (Lipinski definition) is 1.